The van der Waals surface area contributed by atoms with Gasteiger partial charge in [0.1, 0.15) is 5.75 Å². The minimum absolute atomic E-state index is 0.172. The highest BCUT2D eigenvalue weighted by Crippen LogP contribution is 2.32. The summed E-state index contributed by atoms with van der Waals surface area (Å²) in [5.41, 5.74) is 4.26. The lowest BCUT2D eigenvalue weighted by atomic mass is 10.1. The summed E-state index contributed by atoms with van der Waals surface area (Å²) >= 11 is 6.58. The molecule has 0 spiro atoms. The number of aromatic nitrogens is 3. The van der Waals surface area contributed by atoms with E-state index < -0.39 is 21.2 Å². The van der Waals surface area contributed by atoms with E-state index in [1.165, 1.54) is 6.07 Å². The van der Waals surface area contributed by atoms with Gasteiger partial charge in [-0.1, -0.05) is 36.7 Å². The topological polar surface area (TPSA) is 129 Å². The fourth-order valence-electron chi connectivity index (χ4n) is 4.71. The van der Waals surface area contributed by atoms with E-state index in [0.717, 1.165) is 16.8 Å². The molecule has 0 saturated carbocycles. The molecule has 0 amide bonds. The molecule has 40 heavy (non-hydrogen) atoms. The van der Waals surface area contributed by atoms with E-state index in [1.54, 1.807) is 36.4 Å². The van der Waals surface area contributed by atoms with E-state index >= 15 is 0 Å². The highest BCUT2D eigenvalue weighted by Gasteiger charge is 2.29. The number of halogens is 1. The molecule has 0 unspecified atom stereocenters. The van der Waals surface area contributed by atoms with Crippen LogP contribution in [0.4, 0.5) is 5.69 Å². The molecule has 0 atom stereocenters. The summed E-state index contributed by atoms with van der Waals surface area (Å²) < 4.78 is 32.3. The molecule has 1 fully saturated rings. The summed E-state index contributed by atoms with van der Waals surface area (Å²) in [7, 11) is -3.25. The first-order valence-corrected chi connectivity index (χ1v) is 14.9. The summed E-state index contributed by atoms with van der Waals surface area (Å²) in [6.07, 6.45) is 0.595. The SMILES string of the molecule is CCc1ccc(Oc2nc3nc(-c4ccc(N5CCN(S(=O)(=O)C(C)C)CC5)cc4)c(Cl)cc3[nH]2)cc1C(=O)O. The zero-order valence-electron chi connectivity index (χ0n) is 22.4. The van der Waals surface area contributed by atoms with Gasteiger partial charge in [0.15, 0.2) is 5.65 Å². The molecule has 1 aliphatic heterocycles. The standard InChI is InChI=1S/C28H30ClN5O5S/c1-4-18-7-10-21(15-22(18)27(35)36)39-28-30-24-16-23(29)25(31-26(24)32-28)19-5-8-20(9-6-19)33-11-13-34(14-12-33)40(37,38)17(2)3/h5-10,15-17H,4,11-14H2,1-3H3,(H,35,36)(H,30,31,32). The molecule has 3 heterocycles. The van der Waals surface area contributed by atoms with Crippen LogP contribution in [-0.2, 0) is 16.4 Å². The molecule has 0 bridgehead atoms. The number of carbonyl (C=O) groups is 1. The predicted octanol–water partition coefficient (Wildman–Crippen LogP) is 5.19. The van der Waals surface area contributed by atoms with E-state index in [2.05, 4.69) is 19.9 Å². The fourth-order valence-corrected chi connectivity index (χ4v) is 6.24. The molecule has 1 saturated heterocycles. The van der Waals surface area contributed by atoms with Crippen molar-refractivity contribution in [2.45, 2.75) is 32.4 Å². The molecule has 5 rings (SSSR count). The van der Waals surface area contributed by atoms with E-state index in [-0.39, 0.29) is 11.6 Å². The highest BCUT2D eigenvalue weighted by molar-refractivity contribution is 7.89. The van der Waals surface area contributed by atoms with Crippen molar-refractivity contribution >= 4 is 44.4 Å². The number of carboxylic acid groups (broad SMARTS) is 1. The Labute approximate surface area is 237 Å². The zero-order valence-corrected chi connectivity index (χ0v) is 24.0. The average molecular weight is 584 g/mol. The van der Waals surface area contributed by atoms with E-state index in [9.17, 15) is 18.3 Å². The van der Waals surface area contributed by atoms with Crippen LogP contribution in [0.3, 0.4) is 0 Å². The molecule has 2 N–H and O–H groups in total. The summed E-state index contributed by atoms with van der Waals surface area (Å²) in [4.78, 5) is 25.8. The van der Waals surface area contributed by atoms with Crippen LogP contribution < -0.4 is 9.64 Å². The number of ether oxygens (including phenoxy) is 1. The minimum Gasteiger partial charge on any atom is -0.478 e. The Morgan fingerprint density at radius 3 is 2.40 bits per heavy atom. The molecule has 210 valence electrons. The second kappa shape index (κ2) is 11.1. The maximum Gasteiger partial charge on any atom is 0.336 e. The number of sulfonamides is 1. The number of anilines is 1. The summed E-state index contributed by atoms with van der Waals surface area (Å²) in [6, 6.07) is 14.6. The number of imidazole rings is 1. The lowest BCUT2D eigenvalue weighted by molar-refractivity contribution is 0.0695. The zero-order chi connectivity index (χ0) is 28.6. The van der Waals surface area contributed by atoms with Crippen molar-refractivity contribution in [3.8, 4) is 23.0 Å². The number of H-pyrrole nitrogens is 1. The number of aromatic carboxylic acids is 1. The van der Waals surface area contributed by atoms with Crippen LogP contribution in [0.1, 0.15) is 36.7 Å². The molecular formula is C28H30ClN5O5S. The fraction of sp³-hybridized carbons (Fsp3) is 0.321. The van der Waals surface area contributed by atoms with E-state index in [0.29, 0.717) is 60.2 Å². The number of hydrogen-bond donors (Lipinski definition) is 2. The van der Waals surface area contributed by atoms with Gasteiger partial charge in [-0.2, -0.15) is 9.29 Å². The quantitative estimate of drug-likeness (QED) is 0.290. The van der Waals surface area contributed by atoms with Crippen molar-refractivity contribution in [2.24, 2.45) is 0 Å². The van der Waals surface area contributed by atoms with Crippen LogP contribution in [0.25, 0.3) is 22.4 Å². The molecule has 4 aromatic rings. The van der Waals surface area contributed by atoms with Crippen LogP contribution in [-0.4, -0.2) is 70.2 Å². The molecule has 10 nitrogen and oxygen atoms in total. The average Bonchev–Trinajstić information content (AvgIpc) is 3.33. The summed E-state index contributed by atoms with van der Waals surface area (Å²) in [5, 5.41) is 9.49. The van der Waals surface area contributed by atoms with Gasteiger partial charge in [0, 0.05) is 37.4 Å². The number of rotatable bonds is 8. The van der Waals surface area contributed by atoms with Crippen molar-refractivity contribution in [3.05, 3.63) is 64.7 Å². The summed E-state index contributed by atoms with van der Waals surface area (Å²) in [6.45, 7) is 7.44. The Hall–Kier alpha value is -3.67. The number of aryl methyl sites for hydroxylation is 1. The number of carboxylic acids is 1. The molecular weight excluding hydrogens is 554 g/mol. The minimum atomic E-state index is -3.25. The number of piperazine rings is 1. The lowest BCUT2D eigenvalue weighted by Crippen LogP contribution is -2.50. The number of nitrogens with zero attached hydrogens (tertiary/aromatic N) is 4. The Morgan fingerprint density at radius 2 is 1.77 bits per heavy atom. The first kappa shape index (κ1) is 27.9. The number of nitrogens with one attached hydrogen (secondary N) is 1. The van der Waals surface area contributed by atoms with Crippen LogP contribution in [0.15, 0.2) is 48.5 Å². The van der Waals surface area contributed by atoms with Gasteiger partial charge in [-0.25, -0.2) is 18.2 Å². The van der Waals surface area contributed by atoms with E-state index in [4.69, 9.17) is 16.3 Å². The lowest BCUT2D eigenvalue weighted by Gasteiger charge is -2.36. The summed E-state index contributed by atoms with van der Waals surface area (Å²) in [5.74, 6) is -0.671. The molecule has 0 aliphatic carbocycles. The van der Waals surface area contributed by atoms with Crippen LogP contribution in [0.5, 0.6) is 11.8 Å². The number of aromatic amines is 1. The Kier molecular flexibility index (Phi) is 7.72. The molecule has 1 aliphatic rings. The first-order chi connectivity index (χ1) is 19.1. The largest absolute Gasteiger partial charge is 0.478 e. The number of benzene rings is 2. The second-order valence-electron chi connectivity index (χ2n) is 9.84. The molecule has 12 heteroatoms. The van der Waals surface area contributed by atoms with Gasteiger partial charge < -0.3 is 19.7 Å². The third kappa shape index (κ3) is 5.49. The number of hydrogen-bond acceptors (Lipinski definition) is 7. The van der Waals surface area contributed by atoms with Gasteiger partial charge in [-0.05, 0) is 56.2 Å². The van der Waals surface area contributed by atoms with Crippen molar-refractivity contribution in [3.63, 3.8) is 0 Å². The monoisotopic (exact) mass is 583 g/mol. The normalized spacial score (nSPS) is 14.7. The van der Waals surface area contributed by atoms with Gasteiger partial charge in [0.25, 0.3) is 0 Å². The highest BCUT2D eigenvalue weighted by atomic mass is 35.5. The first-order valence-electron chi connectivity index (χ1n) is 13.0. The van der Waals surface area contributed by atoms with E-state index in [1.807, 2.05) is 31.2 Å². The Balaban J connectivity index is 1.32. The van der Waals surface area contributed by atoms with Crippen molar-refractivity contribution in [1.82, 2.24) is 19.3 Å². The van der Waals surface area contributed by atoms with Crippen LogP contribution >= 0.6 is 11.6 Å². The van der Waals surface area contributed by atoms with Gasteiger partial charge >= 0.3 is 12.0 Å². The molecule has 0 radical (unpaired) electrons. The van der Waals surface area contributed by atoms with Gasteiger partial charge in [0.2, 0.25) is 10.0 Å². The van der Waals surface area contributed by atoms with Gasteiger partial charge in [-0.3, -0.25) is 0 Å². The third-order valence-corrected chi connectivity index (χ3v) is 9.58. The van der Waals surface area contributed by atoms with Gasteiger partial charge in [0.05, 0.1) is 27.0 Å². The smallest absolute Gasteiger partial charge is 0.336 e. The molecule has 2 aromatic heterocycles. The van der Waals surface area contributed by atoms with Crippen molar-refractivity contribution in [2.75, 3.05) is 31.1 Å². The van der Waals surface area contributed by atoms with Crippen LogP contribution in [0.2, 0.25) is 5.02 Å². The Morgan fingerprint density at radius 1 is 1.07 bits per heavy atom. The van der Waals surface area contributed by atoms with Gasteiger partial charge in [-0.15, -0.1) is 0 Å². The van der Waals surface area contributed by atoms with Crippen LogP contribution in [0, 0.1) is 0 Å². The Bertz CT molecular complexity index is 1660. The van der Waals surface area contributed by atoms with Crippen molar-refractivity contribution < 1.29 is 23.1 Å². The number of fused-ring (bicyclic) bond motifs is 1. The second-order valence-corrected chi connectivity index (χ2v) is 12.7. The third-order valence-electron chi connectivity index (χ3n) is 7.01. The van der Waals surface area contributed by atoms with Crippen molar-refractivity contribution in [1.29, 1.82) is 0 Å². The molecule has 2 aromatic carbocycles. The maximum absolute atomic E-state index is 12.5. The predicted molar refractivity (Wildman–Crippen MR) is 155 cm³/mol. The maximum atomic E-state index is 12.5. The number of pyridine rings is 1.